The molecule has 19 heavy (non-hydrogen) atoms. The summed E-state index contributed by atoms with van der Waals surface area (Å²) in [6.07, 6.45) is 4.35. The standard InChI is InChI=1S/C15H20FN3/c1-4-17-14(10-15-18-7-8-19(15)3)12-9-11(2)5-6-13(12)16/h5-9,14,17H,4,10H2,1-3H3. The molecule has 0 aliphatic rings. The summed E-state index contributed by atoms with van der Waals surface area (Å²) in [6.45, 7) is 4.80. The van der Waals surface area contributed by atoms with E-state index in [1.165, 1.54) is 6.07 Å². The van der Waals surface area contributed by atoms with Crippen LogP contribution in [-0.2, 0) is 13.5 Å². The molecule has 1 aromatic heterocycles. The molecular weight excluding hydrogens is 241 g/mol. The Bertz CT molecular complexity index is 548. The predicted octanol–water partition coefficient (Wildman–Crippen LogP) is 2.76. The predicted molar refractivity (Wildman–Crippen MR) is 74.5 cm³/mol. The molecule has 0 amide bonds. The lowest BCUT2D eigenvalue weighted by molar-refractivity contribution is 0.496. The van der Waals surface area contributed by atoms with Crippen molar-refractivity contribution in [2.24, 2.45) is 7.05 Å². The van der Waals surface area contributed by atoms with Gasteiger partial charge in [-0.1, -0.05) is 24.6 Å². The summed E-state index contributed by atoms with van der Waals surface area (Å²) in [7, 11) is 1.96. The van der Waals surface area contributed by atoms with Crippen molar-refractivity contribution < 1.29 is 4.39 Å². The number of rotatable bonds is 5. The number of likely N-dealkylation sites (N-methyl/N-ethyl adjacent to an activating group) is 1. The molecule has 0 aliphatic heterocycles. The second-order valence-electron chi connectivity index (χ2n) is 4.79. The smallest absolute Gasteiger partial charge is 0.128 e. The highest BCUT2D eigenvalue weighted by molar-refractivity contribution is 5.27. The first kappa shape index (κ1) is 13.7. The fraction of sp³-hybridized carbons (Fsp3) is 0.400. The highest BCUT2D eigenvalue weighted by Gasteiger charge is 2.17. The fourth-order valence-corrected chi connectivity index (χ4v) is 2.24. The van der Waals surface area contributed by atoms with Crippen LogP contribution in [-0.4, -0.2) is 16.1 Å². The zero-order chi connectivity index (χ0) is 13.8. The molecule has 2 rings (SSSR count). The van der Waals surface area contributed by atoms with Gasteiger partial charge in [0.05, 0.1) is 0 Å². The first-order valence-electron chi connectivity index (χ1n) is 6.57. The van der Waals surface area contributed by atoms with E-state index in [4.69, 9.17) is 0 Å². The largest absolute Gasteiger partial charge is 0.338 e. The number of aryl methyl sites for hydroxylation is 2. The van der Waals surface area contributed by atoms with Crippen LogP contribution >= 0.6 is 0 Å². The average Bonchev–Trinajstić information content (AvgIpc) is 2.78. The molecule has 2 aromatic rings. The number of nitrogens with one attached hydrogen (secondary N) is 1. The molecule has 0 saturated carbocycles. The van der Waals surface area contributed by atoms with Gasteiger partial charge in [0.2, 0.25) is 0 Å². The summed E-state index contributed by atoms with van der Waals surface area (Å²) in [5.41, 5.74) is 1.78. The lowest BCUT2D eigenvalue weighted by Crippen LogP contribution is -2.25. The number of aromatic nitrogens is 2. The van der Waals surface area contributed by atoms with Crippen molar-refractivity contribution in [1.29, 1.82) is 0 Å². The summed E-state index contributed by atoms with van der Waals surface area (Å²) in [6, 6.07) is 5.19. The third kappa shape index (κ3) is 3.20. The van der Waals surface area contributed by atoms with E-state index in [-0.39, 0.29) is 11.9 Å². The van der Waals surface area contributed by atoms with Crippen molar-refractivity contribution in [2.45, 2.75) is 26.3 Å². The quantitative estimate of drug-likeness (QED) is 0.897. The number of hydrogen-bond acceptors (Lipinski definition) is 2. The molecule has 1 heterocycles. The van der Waals surface area contributed by atoms with E-state index < -0.39 is 0 Å². The molecule has 0 aliphatic carbocycles. The van der Waals surface area contributed by atoms with Gasteiger partial charge in [-0.25, -0.2) is 9.37 Å². The van der Waals surface area contributed by atoms with Gasteiger partial charge in [0.1, 0.15) is 11.6 Å². The van der Waals surface area contributed by atoms with E-state index in [2.05, 4.69) is 10.3 Å². The Hall–Kier alpha value is -1.68. The van der Waals surface area contributed by atoms with Crippen LogP contribution in [0.5, 0.6) is 0 Å². The summed E-state index contributed by atoms with van der Waals surface area (Å²) in [5.74, 6) is 0.789. The van der Waals surface area contributed by atoms with E-state index in [0.717, 1.165) is 17.9 Å². The first-order chi connectivity index (χ1) is 9.11. The zero-order valence-corrected chi connectivity index (χ0v) is 11.7. The van der Waals surface area contributed by atoms with Crippen LogP contribution in [0.25, 0.3) is 0 Å². The summed E-state index contributed by atoms with van der Waals surface area (Å²) >= 11 is 0. The van der Waals surface area contributed by atoms with Crippen LogP contribution in [0.4, 0.5) is 4.39 Å². The van der Waals surface area contributed by atoms with Crippen LogP contribution in [0.15, 0.2) is 30.6 Å². The third-order valence-electron chi connectivity index (χ3n) is 3.29. The minimum absolute atomic E-state index is 0.0500. The minimum Gasteiger partial charge on any atom is -0.338 e. The highest BCUT2D eigenvalue weighted by atomic mass is 19.1. The topological polar surface area (TPSA) is 29.9 Å². The highest BCUT2D eigenvalue weighted by Crippen LogP contribution is 2.22. The molecule has 0 saturated heterocycles. The summed E-state index contributed by atoms with van der Waals surface area (Å²) in [5, 5.41) is 3.34. The second kappa shape index (κ2) is 5.97. The monoisotopic (exact) mass is 261 g/mol. The molecule has 1 unspecified atom stereocenters. The molecule has 0 bridgehead atoms. The van der Waals surface area contributed by atoms with Gasteiger partial charge < -0.3 is 9.88 Å². The Labute approximate surface area is 113 Å². The van der Waals surface area contributed by atoms with Crippen LogP contribution < -0.4 is 5.32 Å². The SMILES string of the molecule is CCNC(Cc1nccn1C)c1cc(C)ccc1F. The molecular formula is C15H20FN3. The maximum Gasteiger partial charge on any atom is 0.128 e. The Morgan fingerprint density at radius 2 is 2.21 bits per heavy atom. The van der Waals surface area contributed by atoms with E-state index in [9.17, 15) is 4.39 Å². The zero-order valence-electron chi connectivity index (χ0n) is 11.7. The van der Waals surface area contributed by atoms with Gasteiger partial charge in [-0.2, -0.15) is 0 Å². The normalized spacial score (nSPS) is 12.6. The minimum atomic E-state index is -0.161. The Morgan fingerprint density at radius 3 is 2.84 bits per heavy atom. The molecule has 4 heteroatoms. The fourth-order valence-electron chi connectivity index (χ4n) is 2.24. The van der Waals surface area contributed by atoms with Crippen molar-refractivity contribution in [3.8, 4) is 0 Å². The molecule has 3 nitrogen and oxygen atoms in total. The number of nitrogens with zero attached hydrogens (tertiary/aromatic N) is 2. The van der Waals surface area contributed by atoms with Gasteiger partial charge in [0.15, 0.2) is 0 Å². The van der Waals surface area contributed by atoms with Gasteiger partial charge in [-0.05, 0) is 19.5 Å². The van der Waals surface area contributed by atoms with Crippen LogP contribution in [0.3, 0.4) is 0 Å². The molecule has 0 fully saturated rings. The first-order valence-corrected chi connectivity index (χ1v) is 6.57. The van der Waals surface area contributed by atoms with Crippen LogP contribution in [0.2, 0.25) is 0 Å². The van der Waals surface area contributed by atoms with Crippen molar-refractivity contribution in [2.75, 3.05) is 6.54 Å². The van der Waals surface area contributed by atoms with Crippen molar-refractivity contribution in [1.82, 2.24) is 14.9 Å². The third-order valence-corrected chi connectivity index (χ3v) is 3.29. The van der Waals surface area contributed by atoms with Crippen LogP contribution in [0.1, 0.15) is 29.9 Å². The number of benzene rings is 1. The molecule has 102 valence electrons. The van der Waals surface area contributed by atoms with Gasteiger partial charge >= 0.3 is 0 Å². The van der Waals surface area contributed by atoms with E-state index in [1.54, 1.807) is 12.3 Å². The number of hydrogen-bond donors (Lipinski definition) is 1. The molecule has 0 radical (unpaired) electrons. The summed E-state index contributed by atoms with van der Waals surface area (Å²) < 4.78 is 16.0. The van der Waals surface area contributed by atoms with Gasteiger partial charge in [0, 0.05) is 37.5 Å². The Balaban J connectivity index is 2.29. The maximum absolute atomic E-state index is 14.0. The lowest BCUT2D eigenvalue weighted by Gasteiger charge is -2.19. The second-order valence-corrected chi connectivity index (χ2v) is 4.79. The molecule has 1 N–H and O–H groups in total. The van der Waals surface area contributed by atoms with Gasteiger partial charge in [0.25, 0.3) is 0 Å². The van der Waals surface area contributed by atoms with Crippen LogP contribution in [0, 0.1) is 12.7 Å². The van der Waals surface area contributed by atoms with E-state index >= 15 is 0 Å². The molecule has 1 atom stereocenters. The van der Waals surface area contributed by atoms with E-state index in [0.29, 0.717) is 12.0 Å². The summed E-state index contributed by atoms with van der Waals surface area (Å²) in [4.78, 5) is 4.32. The maximum atomic E-state index is 14.0. The van der Waals surface area contributed by atoms with Crippen molar-refractivity contribution in [3.63, 3.8) is 0 Å². The lowest BCUT2D eigenvalue weighted by atomic mass is 10.0. The van der Waals surface area contributed by atoms with Crippen molar-refractivity contribution in [3.05, 3.63) is 53.4 Å². The number of imidazole rings is 1. The Morgan fingerprint density at radius 1 is 1.42 bits per heavy atom. The number of halogens is 1. The molecule has 1 aromatic carbocycles. The van der Waals surface area contributed by atoms with E-state index in [1.807, 2.05) is 37.7 Å². The average molecular weight is 261 g/mol. The molecule has 0 spiro atoms. The van der Waals surface area contributed by atoms with Gasteiger partial charge in [-0.3, -0.25) is 0 Å². The van der Waals surface area contributed by atoms with Gasteiger partial charge in [-0.15, -0.1) is 0 Å². The van der Waals surface area contributed by atoms with Crippen molar-refractivity contribution >= 4 is 0 Å². The Kier molecular flexibility index (Phi) is 4.32.